The number of halogens is 1. The number of ether oxygens (including phenoxy) is 3. The third kappa shape index (κ3) is 5.53. The largest absolute Gasteiger partial charge is 0.490 e. The zero-order chi connectivity index (χ0) is 27.4. The van der Waals surface area contributed by atoms with Crippen LogP contribution in [0.15, 0.2) is 57.1 Å². The molecule has 0 saturated heterocycles. The third-order valence-corrected chi connectivity index (χ3v) is 7.70. The lowest BCUT2D eigenvalue weighted by molar-refractivity contribution is -0.117. The van der Waals surface area contributed by atoms with Gasteiger partial charge in [0.1, 0.15) is 6.61 Å². The Morgan fingerprint density at radius 3 is 2.66 bits per heavy atom. The van der Waals surface area contributed by atoms with Gasteiger partial charge in [-0.25, -0.2) is 4.79 Å². The predicted octanol–water partition coefficient (Wildman–Crippen LogP) is 6.55. The van der Waals surface area contributed by atoms with Gasteiger partial charge in [0.25, 0.3) is 0 Å². The Morgan fingerprint density at radius 2 is 1.97 bits per heavy atom. The highest BCUT2D eigenvalue weighted by atomic mass is 79.9. The van der Waals surface area contributed by atoms with Crippen molar-refractivity contribution in [2.45, 2.75) is 52.6 Å². The van der Waals surface area contributed by atoms with Crippen molar-refractivity contribution >= 4 is 33.4 Å². The monoisotopic (exact) mass is 578 g/mol. The van der Waals surface area contributed by atoms with E-state index in [1.807, 2.05) is 32.0 Å². The molecule has 0 spiro atoms. The van der Waals surface area contributed by atoms with E-state index >= 15 is 0 Å². The van der Waals surface area contributed by atoms with Crippen molar-refractivity contribution in [2.24, 2.45) is 16.8 Å². The van der Waals surface area contributed by atoms with Crippen LogP contribution in [0.2, 0.25) is 0 Å². The first-order valence-electron chi connectivity index (χ1n) is 12.8. The maximum Gasteiger partial charge on any atom is 0.337 e. The van der Waals surface area contributed by atoms with Crippen molar-refractivity contribution < 1.29 is 23.8 Å². The van der Waals surface area contributed by atoms with Gasteiger partial charge in [0.05, 0.1) is 35.7 Å². The molecule has 198 valence electrons. The van der Waals surface area contributed by atoms with Crippen LogP contribution < -0.4 is 9.47 Å². The maximum absolute atomic E-state index is 13.3. The molecule has 3 atom stereocenters. The summed E-state index contributed by atoms with van der Waals surface area (Å²) in [6, 6.07) is 13.2. The van der Waals surface area contributed by atoms with Crippen LogP contribution in [-0.4, -0.2) is 31.2 Å². The number of nitriles is 1. The maximum atomic E-state index is 13.3. The molecule has 3 unspecified atom stereocenters. The molecular weight excluding hydrogens is 548 g/mol. The molecule has 2 aliphatic rings. The number of benzene rings is 2. The van der Waals surface area contributed by atoms with Crippen LogP contribution >= 0.6 is 15.9 Å². The number of allylic oxidation sites excluding steroid dienone is 2. The molecule has 0 aromatic heterocycles. The van der Waals surface area contributed by atoms with Gasteiger partial charge in [0, 0.05) is 29.3 Å². The van der Waals surface area contributed by atoms with Crippen molar-refractivity contribution in [1.82, 2.24) is 0 Å². The number of ketones is 1. The van der Waals surface area contributed by atoms with Crippen LogP contribution in [0.25, 0.3) is 0 Å². The van der Waals surface area contributed by atoms with Crippen molar-refractivity contribution in [2.75, 3.05) is 13.7 Å². The SMILES string of the molecule is CCOc1cc(C2C3=C(CC(CC)CC3=O)N=C(C)C2C#N)cc(Br)c1OCc1cccc(C(=O)OC)c1. The zero-order valence-corrected chi connectivity index (χ0v) is 23.6. The minimum Gasteiger partial charge on any atom is -0.490 e. The summed E-state index contributed by atoms with van der Waals surface area (Å²) in [6.07, 6.45) is 2.14. The van der Waals surface area contributed by atoms with E-state index in [0.717, 1.165) is 35.4 Å². The normalized spacial score (nSPS) is 20.8. The van der Waals surface area contributed by atoms with Gasteiger partial charge in [-0.3, -0.25) is 9.79 Å². The summed E-state index contributed by atoms with van der Waals surface area (Å²) < 4.78 is 17.6. The molecular formula is C30H31BrN2O5. The fourth-order valence-corrected chi connectivity index (χ4v) is 5.76. The first-order chi connectivity index (χ1) is 18.3. The number of rotatable bonds is 8. The fourth-order valence-electron chi connectivity index (χ4n) is 5.19. The van der Waals surface area contributed by atoms with Crippen LogP contribution in [0.5, 0.6) is 11.5 Å². The molecule has 1 aliphatic heterocycles. The van der Waals surface area contributed by atoms with E-state index in [1.54, 1.807) is 18.2 Å². The Morgan fingerprint density at radius 1 is 1.18 bits per heavy atom. The van der Waals surface area contributed by atoms with E-state index in [-0.39, 0.29) is 18.3 Å². The summed E-state index contributed by atoms with van der Waals surface area (Å²) in [7, 11) is 1.34. The van der Waals surface area contributed by atoms with E-state index in [4.69, 9.17) is 19.2 Å². The average Bonchev–Trinajstić information content (AvgIpc) is 2.91. The molecule has 0 saturated carbocycles. The fraction of sp³-hybridized carbons (Fsp3) is 0.400. The number of aliphatic imine (C=N–C) groups is 1. The molecule has 0 bridgehead atoms. The van der Waals surface area contributed by atoms with Crippen molar-refractivity contribution in [1.29, 1.82) is 5.26 Å². The molecule has 38 heavy (non-hydrogen) atoms. The van der Waals surface area contributed by atoms with Crippen molar-refractivity contribution in [3.63, 3.8) is 0 Å². The Bertz CT molecular complexity index is 1360. The third-order valence-electron chi connectivity index (χ3n) is 7.11. The molecule has 1 heterocycles. The van der Waals surface area contributed by atoms with E-state index in [9.17, 15) is 14.9 Å². The number of nitrogens with zero attached hydrogens (tertiary/aromatic N) is 2. The number of hydrogen-bond acceptors (Lipinski definition) is 7. The smallest absolute Gasteiger partial charge is 0.337 e. The molecule has 0 fully saturated rings. The Kier molecular flexibility index (Phi) is 8.68. The Labute approximate surface area is 231 Å². The number of methoxy groups -OCH3 is 1. The summed E-state index contributed by atoms with van der Waals surface area (Å²) in [4.78, 5) is 30.0. The lowest BCUT2D eigenvalue weighted by atomic mass is 9.70. The van der Waals surface area contributed by atoms with Crippen molar-refractivity contribution in [3.8, 4) is 17.6 Å². The number of hydrogen-bond donors (Lipinski definition) is 0. The lowest BCUT2D eigenvalue weighted by Crippen LogP contribution is -2.32. The summed E-state index contributed by atoms with van der Waals surface area (Å²) in [5.41, 5.74) is 4.22. The molecule has 7 nitrogen and oxygen atoms in total. The Hall–Kier alpha value is -3.44. The minimum atomic E-state index is -0.551. The van der Waals surface area contributed by atoms with Crippen LogP contribution in [0.1, 0.15) is 67.4 Å². The summed E-state index contributed by atoms with van der Waals surface area (Å²) in [5, 5.41) is 10.1. The number of esters is 1. The number of Topliss-reactive ketones (excluding diaryl/α,β-unsaturated/α-hetero) is 1. The highest BCUT2D eigenvalue weighted by molar-refractivity contribution is 9.10. The average molecular weight is 579 g/mol. The van der Waals surface area contributed by atoms with Crippen LogP contribution in [0.4, 0.5) is 0 Å². The molecule has 0 N–H and O–H groups in total. The highest BCUT2D eigenvalue weighted by Gasteiger charge is 2.41. The van der Waals surface area contributed by atoms with E-state index in [1.165, 1.54) is 7.11 Å². The second-order valence-corrected chi connectivity index (χ2v) is 10.4. The van der Waals surface area contributed by atoms with Crippen molar-refractivity contribution in [3.05, 3.63) is 68.8 Å². The molecule has 2 aromatic rings. The van der Waals surface area contributed by atoms with Crippen LogP contribution in [-0.2, 0) is 16.1 Å². The summed E-state index contributed by atoms with van der Waals surface area (Å²) in [6.45, 7) is 6.44. The summed E-state index contributed by atoms with van der Waals surface area (Å²) in [5.74, 6) is -0.0411. The highest BCUT2D eigenvalue weighted by Crippen LogP contribution is 2.48. The van der Waals surface area contributed by atoms with Gasteiger partial charge in [-0.1, -0.05) is 25.5 Å². The second-order valence-electron chi connectivity index (χ2n) is 9.55. The van der Waals surface area contributed by atoms with Crippen LogP contribution in [0, 0.1) is 23.2 Å². The molecule has 4 rings (SSSR count). The minimum absolute atomic E-state index is 0.0690. The number of carbonyl (C=O) groups excluding carboxylic acids is 2. The van der Waals surface area contributed by atoms with E-state index < -0.39 is 17.8 Å². The van der Waals surface area contributed by atoms with Gasteiger partial charge in [0.15, 0.2) is 17.3 Å². The van der Waals surface area contributed by atoms with Gasteiger partial charge >= 0.3 is 5.97 Å². The van der Waals surface area contributed by atoms with Crippen LogP contribution in [0.3, 0.4) is 0 Å². The van der Waals surface area contributed by atoms with Gasteiger partial charge in [-0.2, -0.15) is 5.26 Å². The standard InChI is InChI=1S/C30H31BrN2O5/c1-5-18-11-24-28(25(34)12-18)27(22(15-32)17(3)33-24)21-13-23(31)29(26(14-21)37-6-2)38-16-19-8-7-9-20(10-19)30(35)36-4/h7-10,13-14,18,22,27H,5-6,11-12,16H2,1-4H3. The molecule has 2 aromatic carbocycles. The zero-order valence-electron chi connectivity index (χ0n) is 22.0. The molecule has 0 radical (unpaired) electrons. The molecule has 8 heteroatoms. The second kappa shape index (κ2) is 12.0. The molecule has 1 aliphatic carbocycles. The van der Waals surface area contributed by atoms with Gasteiger partial charge in [-0.05, 0) is 77.5 Å². The lowest BCUT2D eigenvalue weighted by Gasteiger charge is -2.35. The number of carbonyl (C=O) groups is 2. The predicted molar refractivity (Wildman–Crippen MR) is 147 cm³/mol. The molecule has 0 amide bonds. The quantitative estimate of drug-likeness (QED) is 0.329. The topological polar surface area (TPSA) is 98.0 Å². The van der Waals surface area contributed by atoms with Gasteiger partial charge in [-0.15, -0.1) is 0 Å². The summed E-state index contributed by atoms with van der Waals surface area (Å²) >= 11 is 3.64. The Balaban J connectivity index is 1.71. The van der Waals surface area contributed by atoms with E-state index in [0.29, 0.717) is 40.1 Å². The first kappa shape index (κ1) is 27.6. The first-order valence-corrected chi connectivity index (χ1v) is 13.6. The van der Waals surface area contributed by atoms with E-state index in [2.05, 4.69) is 28.9 Å². The van der Waals surface area contributed by atoms with Gasteiger partial charge < -0.3 is 14.2 Å². The van der Waals surface area contributed by atoms with Gasteiger partial charge in [0.2, 0.25) is 0 Å².